The highest BCUT2D eigenvalue weighted by atomic mass is 32.2. The first-order chi connectivity index (χ1) is 13.3. The number of nitrogens with one attached hydrogen (secondary N) is 1. The van der Waals surface area contributed by atoms with Gasteiger partial charge in [-0.1, -0.05) is 18.2 Å². The van der Waals surface area contributed by atoms with E-state index in [0.29, 0.717) is 25.9 Å². The molecule has 1 N–H and O–H groups in total. The minimum Gasteiger partial charge on any atom is -0.494 e. The van der Waals surface area contributed by atoms with Gasteiger partial charge in [0.1, 0.15) is 5.69 Å². The molecule has 0 saturated carbocycles. The molecule has 3 rings (SSSR count). The molecule has 2 aromatic carbocycles. The molecular weight excluding hydrogens is 389 g/mol. The molecule has 10 heteroatoms. The van der Waals surface area contributed by atoms with Crippen LogP contribution in [0.5, 0.6) is 5.75 Å². The second kappa shape index (κ2) is 8.11. The van der Waals surface area contributed by atoms with E-state index in [9.17, 15) is 22.9 Å². The lowest BCUT2D eigenvalue weighted by atomic mass is 10.0. The lowest BCUT2D eigenvalue weighted by Crippen LogP contribution is -2.44. The van der Waals surface area contributed by atoms with Crippen LogP contribution in [0.2, 0.25) is 0 Å². The Morgan fingerprint density at radius 1 is 1.21 bits per heavy atom. The summed E-state index contributed by atoms with van der Waals surface area (Å²) >= 11 is 0. The predicted molar refractivity (Wildman–Crippen MR) is 102 cm³/mol. The number of piperidine rings is 1. The molecular formula is C18H20FN3O5S. The first-order valence-electron chi connectivity index (χ1n) is 8.66. The number of halogens is 1. The molecule has 0 aromatic heterocycles. The van der Waals surface area contributed by atoms with Gasteiger partial charge in [-0.05, 0) is 25.0 Å². The van der Waals surface area contributed by atoms with Crippen molar-refractivity contribution in [2.45, 2.75) is 23.8 Å². The van der Waals surface area contributed by atoms with Crippen LogP contribution in [0, 0.1) is 15.9 Å². The Hall–Kier alpha value is -2.72. The van der Waals surface area contributed by atoms with E-state index < -0.39 is 20.8 Å². The van der Waals surface area contributed by atoms with Gasteiger partial charge in [-0.15, -0.1) is 0 Å². The third-order valence-corrected chi connectivity index (χ3v) is 6.19. The fourth-order valence-electron chi connectivity index (χ4n) is 3.21. The van der Waals surface area contributed by atoms with Crippen molar-refractivity contribution in [1.82, 2.24) is 4.72 Å². The monoisotopic (exact) mass is 409 g/mol. The molecule has 1 aliphatic heterocycles. The largest absolute Gasteiger partial charge is 0.494 e. The molecule has 0 unspecified atom stereocenters. The van der Waals surface area contributed by atoms with Crippen molar-refractivity contribution in [1.29, 1.82) is 0 Å². The molecule has 28 heavy (non-hydrogen) atoms. The SMILES string of the molecule is COc1cc(N2CCC(NS(=O)(=O)c3ccccc3)CC2)c([N+](=O)[O-])cc1F. The predicted octanol–water partition coefficient (Wildman–Crippen LogP) is 2.69. The fourth-order valence-corrected chi connectivity index (χ4v) is 4.54. The number of ether oxygens (including phenoxy) is 1. The molecule has 1 heterocycles. The summed E-state index contributed by atoms with van der Waals surface area (Å²) in [5.74, 6) is -0.879. The maximum absolute atomic E-state index is 13.8. The van der Waals surface area contributed by atoms with Crippen molar-refractivity contribution in [3.63, 3.8) is 0 Å². The first-order valence-corrected chi connectivity index (χ1v) is 10.1. The number of methoxy groups -OCH3 is 1. The van der Waals surface area contributed by atoms with Gasteiger partial charge in [0.2, 0.25) is 10.0 Å². The number of nitro benzene ring substituents is 1. The van der Waals surface area contributed by atoms with Crippen LogP contribution in [0.25, 0.3) is 0 Å². The zero-order valence-electron chi connectivity index (χ0n) is 15.2. The van der Waals surface area contributed by atoms with E-state index in [-0.39, 0.29) is 28.1 Å². The molecule has 1 fully saturated rings. The summed E-state index contributed by atoms with van der Waals surface area (Å²) in [5, 5.41) is 11.3. The minimum absolute atomic E-state index is 0.0764. The molecule has 0 bridgehead atoms. The third-order valence-electron chi connectivity index (χ3n) is 4.66. The second-order valence-electron chi connectivity index (χ2n) is 6.43. The Bertz CT molecular complexity index is 961. The topological polar surface area (TPSA) is 102 Å². The lowest BCUT2D eigenvalue weighted by Gasteiger charge is -2.33. The van der Waals surface area contributed by atoms with E-state index in [2.05, 4.69) is 4.72 Å². The molecule has 0 aliphatic carbocycles. The Labute approximate surface area is 162 Å². The zero-order valence-corrected chi connectivity index (χ0v) is 16.0. The van der Waals surface area contributed by atoms with Crippen LogP contribution in [-0.2, 0) is 10.0 Å². The van der Waals surface area contributed by atoms with E-state index in [0.717, 1.165) is 6.07 Å². The Balaban J connectivity index is 1.73. The van der Waals surface area contributed by atoms with Crippen molar-refractivity contribution in [3.8, 4) is 5.75 Å². The van der Waals surface area contributed by atoms with Gasteiger partial charge < -0.3 is 9.64 Å². The van der Waals surface area contributed by atoms with Crippen LogP contribution in [0.15, 0.2) is 47.4 Å². The van der Waals surface area contributed by atoms with Crippen molar-refractivity contribution in [2.75, 3.05) is 25.1 Å². The summed E-state index contributed by atoms with van der Waals surface area (Å²) in [6, 6.07) is 9.94. The van der Waals surface area contributed by atoms with E-state index in [1.807, 2.05) is 0 Å². The van der Waals surface area contributed by atoms with Crippen LogP contribution in [0.1, 0.15) is 12.8 Å². The van der Waals surface area contributed by atoms with Crippen molar-refractivity contribution >= 4 is 21.4 Å². The van der Waals surface area contributed by atoms with E-state index in [1.165, 1.54) is 25.3 Å². The quantitative estimate of drug-likeness (QED) is 0.581. The molecule has 150 valence electrons. The number of hydrogen-bond donors (Lipinski definition) is 1. The number of rotatable bonds is 6. The van der Waals surface area contributed by atoms with Gasteiger partial charge in [-0.25, -0.2) is 17.5 Å². The first kappa shape index (κ1) is 20.0. The summed E-state index contributed by atoms with van der Waals surface area (Å²) in [6.07, 6.45) is 0.922. The average Bonchev–Trinajstić information content (AvgIpc) is 2.69. The lowest BCUT2D eigenvalue weighted by molar-refractivity contribution is -0.384. The number of benzene rings is 2. The number of nitro groups is 1. The molecule has 1 saturated heterocycles. The number of hydrogen-bond acceptors (Lipinski definition) is 6. The highest BCUT2D eigenvalue weighted by molar-refractivity contribution is 7.89. The number of anilines is 1. The van der Waals surface area contributed by atoms with Gasteiger partial charge >= 0.3 is 0 Å². The van der Waals surface area contributed by atoms with E-state index in [4.69, 9.17) is 4.74 Å². The molecule has 1 aliphatic rings. The van der Waals surface area contributed by atoms with Gasteiger partial charge in [0.15, 0.2) is 11.6 Å². The second-order valence-corrected chi connectivity index (χ2v) is 8.14. The minimum atomic E-state index is -3.63. The zero-order chi connectivity index (χ0) is 20.3. The van der Waals surface area contributed by atoms with E-state index in [1.54, 1.807) is 23.1 Å². The maximum Gasteiger partial charge on any atom is 0.295 e. The average molecular weight is 409 g/mol. The van der Waals surface area contributed by atoms with Gasteiger partial charge in [0.05, 0.1) is 23.0 Å². The molecule has 2 aromatic rings. The highest BCUT2D eigenvalue weighted by Gasteiger charge is 2.29. The van der Waals surface area contributed by atoms with Gasteiger partial charge in [-0.2, -0.15) is 0 Å². The third kappa shape index (κ3) is 4.23. The molecule has 0 atom stereocenters. The Kier molecular flexibility index (Phi) is 5.80. The Morgan fingerprint density at radius 2 is 1.86 bits per heavy atom. The van der Waals surface area contributed by atoms with Crippen molar-refractivity contribution in [3.05, 3.63) is 58.4 Å². The van der Waals surface area contributed by atoms with Crippen LogP contribution in [0.4, 0.5) is 15.8 Å². The summed E-state index contributed by atoms with van der Waals surface area (Å²) in [5.41, 5.74) is -0.0887. The highest BCUT2D eigenvalue weighted by Crippen LogP contribution is 2.35. The van der Waals surface area contributed by atoms with Gasteiger partial charge in [0.25, 0.3) is 5.69 Å². The fraction of sp³-hybridized carbons (Fsp3) is 0.333. The summed E-state index contributed by atoms with van der Waals surface area (Å²) in [6.45, 7) is 0.773. The molecule has 8 nitrogen and oxygen atoms in total. The number of sulfonamides is 1. The molecule has 0 radical (unpaired) electrons. The van der Waals surface area contributed by atoms with E-state index >= 15 is 0 Å². The standard InChI is InChI=1S/C18H20FN3O5S/c1-27-18-12-16(17(22(23)24)11-15(18)19)21-9-7-13(8-10-21)20-28(25,26)14-5-3-2-4-6-14/h2-6,11-13,20H,7-10H2,1H3. The normalized spacial score (nSPS) is 15.4. The molecule has 0 amide bonds. The van der Waals surface area contributed by atoms with Gasteiger partial charge in [-0.3, -0.25) is 10.1 Å². The summed E-state index contributed by atoms with van der Waals surface area (Å²) in [4.78, 5) is 12.6. The van der Waals surface area contributed by atoms with Gasteiger partial charge in [0, 0.05) is 25.2 Å². The van der Waals surface area contributed by atoms with Crippen LogP contribution < -0.4 is 14.4 Å². The maximum atomic E-state index is 13.8. The van der Waals surface area contributed by atoms with Crippen molar-refractivity contribution in [2.24, 2.45) is 0 Å². The van der Waals surface area contributed by atoms with Crippen molar-refractivity contribution < 1.29 is 22.5 Å². The Morgan fingerprint density at radius 3 is 2.43 bits per heavy atom. The summed E-state index contributed by atoms with van der Waals surface area (Å²) < 4.78 is 46.3. The van der Waals surface area contributed by atoms with Crippen LogP contribution in [0.3, 0.4) is 0 Å². The summed E-state index contributed by atoms with van der Waals surface area (Å²) in [7, 11) is -2.34. The molecule has 0 spiro atoms. The van der Waals surface area contributed by atoms with Crippen LogP contribution in [-0.4, -0.2) is 39.6 Å². The van der Waals surface area contributed by atoms with Crippen LogP contribution >= 0.6 is 0 Å². The number of nitrogens with zero attached hydrogens (tertiary/aromatic N) is 2. The smallest absolute Gasteiger partial charge is 0.295 e.